The van der Waals surface area contributed by atoms with E-state index in [9.17, 15) is 9.59 Å². The average molecular weight is 308 g/mol. The van der Waals surface area contributed by atoms with Crippen molar-refractivity contribution in [2.24, 2.45) is 0 Å². The van der Waals surface area contributed by atoms with Crippen molar-refractivity contribution in [3.05, 3.63) is 69.8 Å². The number of ether oxygens (including phenoxy) is 1. The minimum Gasteiger partial charge on any atom is -0.352 e. The van der Waals surface area contributed by atoms with E-state index in [0.717, 1.165) is 22.3 Å². The smallest absolute Gasteiger partial charge is 0.195 e. The predicted molar refractivity (Wildman–Crippen MR) is 89.2 cm³/mol. The first-order chi connectivity index (χ1) is 10.9. The summed E-state index contributed by atoms with van der Waals surface area (Å²) in [7, 11) is 0. The number of carbonyl (C=O) groups excluding carboxylic acids is 2. The molecule has 1 saturated heterocycles. The molecule has 0 aliphatic carbocycles. The van der Waals surface area contributed by atoms with Gasteiger partial charge in [0.1, 0.15) is 0 Å². The van der Waals surface area contributed by atoms with Crippen LogP contribution in [0.1, 0.15) is 43.0 Å². The largest absolute Gasteiger partial charge is 0.352 e. The number of epoxide rings is 1. The van der Waals surface area contributed by atoms with Crippen molar-refractivity contribution in [2.45, 2.75) is 39.9 Å². The van der Waals surface area contributed by atoms with Gasteiger partial charge in [0.05, 0.1) is 0 Å². The van der Waals surface area contributed by atoms with Gasteiger partial charge in [0, 0.05) is 11.1 Å². The Bertz CT molecular complexity index is 737. The molecule has 1 fully saturated rings. The fraction of sp³-hybridized carbons (Fsp3) is 0.300. The molecule has 23 heavy (non-hydrogen) atoms. The molecule has 0 amide bonds. The molecule has 3 nitrogen and oxygen atoms in total. The van der Waals surface area contributed by atoms with Gasteiger partial charge < -0.3 is 4.74 Å². The van der Waals surface area contributed by atoms with Crippen LogP contribution < -0.4 is 0 Å². The zero-order valence-electron chi connectivity index (χ0n) is 13.8. The molecular weight excluding hydrogens is 288 g/mol. The molecule has 0 spiro atoms. The minimum absolute atomic E-state index is 0.106. The van der Waals surface area contributed by atoms with Crippen LogP contribution in [0.4, 0.5) is 0 Å². The van der Waals surface area contributed by atoms with E-state index in [4.69, 9.17) is 4.74 Å². The summed E-state index contributed by atoms with van der Waals surface area (Å²) < 4.78 is 5.42. The van der Waals surface area contributed by atoms with Crippen molar-refractivity contribution < 1.29 is 14.3 Å². The van der Waals surface area contributed by atoms with Crippen molar-refractivity contribution in [3.8, 4) is 0 Å². The van der Waals surface area contributed by atoms with E-state index in [1.165, 1.54) is 0 Å². The van der Waals surface area contributed by atoms with Gasteiger partial charge in [-0.1, -0.05) is 47.5 Å². The highest BCUT2D eigenvalue weighted by molar-refractivity contribution is 6.11. The van der Waals surface area contributed by atoms with E-state index in [1.54, 1.807) is 0 Å². The lowest BCUT2D eigenvalue weighted by atomic mass is 9.95. The second-order valence-electron chi connectivity index (χ2n) is 6.34. The average Bonchev–Trinajstić information content (AvgIpc) is 3.26. The minimum atomic E-state index is -0.649. The lowest BCUT2D eigenvalue weighted by Crippen LogP contribution is -2.18. The van der Waals surface area contributed by atoms with Crippen molar-refractivity contribution in [1.29, 1.82) is 0 Å². The van der Waals surface area contributed by atoms with Crippen molar-refractivity contribution in [3.63, 3.8) is 0 Å². The van der Waals surface area contributed by atoms with E-state index in [0.29, 0.717) is 11.1 Å². The third kappa shape index (κ3) is 2.97. The third-order valence-electron chi connectivity index (χ3n) is 4.30. The number of hydrogen-bond acceptors (Lipinski definition) is 3. The lowest BCUT2D eigenvalue weighted by molar-refractivity contribution is 0.0947. The number of carbonyl (C=O) groups is 2. The van der Waals surface area contributed by atoms with Crippen LogP contribution in [0.5, 0.6) is 0 Å². The van der Waals surface area contributed by atoms with E-state index < -0.39 is 12.2 Å². The lowest BCUT2D eigenvalue weighted by Gasteiger charge is -2.05. The zero-order chi connectivity index (χ0) is 16.7. The molecule has 2 aromatic rings. The van der Waals surface area contributed by atoms with Gasteiger partial charge in [0.2, 0.25) is 0 Å². The molecule has 0 radical (unpaired) electrons. The Labute approximate surface area is 136 Å². The van der Waals surface area contributed by atoms with Crippen LogP contribution in [0.25, 0.3) is 0 Å². The molecule has 0 saturated carbocycles. The van der Waals surface area contributed by atoms with Crippen molar-refractivity contribution >= 4 is 11.6 Å². The van der Waals surface area contributed by atoms with Crippen LogP contribution >= 0.6 is 0 Å². The number of rotatable bonds is 4. The molecule has 1 aliphatic rings. The Hall–Kier alpha value is -2.26. The van der Waals surface area contributed by atoms with Crippen LogP contribution in [0.15, 0.2) is 36.4 Å². The first-order valence-electron chi connectivity index (χ1n) is 7.77. The maximum atomic E-state index is 12.5. The Morgan fingerprint density at radius 2 is 1.13 bits per heavy atom. The monoisotopic (exact) mass is 308 g/mol. The summed E-state index contributed by atoms with van der Waals surface area (Å²) in [6.07, 6.45) is -1.30. The molecule has 1 heterocycles. The van der Waals surface area contributed by atoms with Gasteiger partial charge >= 0.3 is 0 Å². The van der Waals surface area contributed by atoms with Crippen molar-refractivity contribution in [1.82, 2.24) is 0 Å². The highest BCUT2D eigenvalue weighted by Gasteiger charge is 2.50. The summed E-state index contributed by atoms with van der Waals surface area (Å²) >= 11 is 0. The maximum Gasteiger partial charge on any atom is 0.195 e. The summed E-state index contributed by atoms with van der Waals surface area (Å²) in [6.45, 7) is 7.79. The van der Waals surface area contributed by atoms with Crippen LogP contribution in [-0.4, -0.2) is 23.8 Å². The molecule has 3 heteroatoms. The summed E-state index contributed by atoms with van der Waals surface area (Å²) in [6, 6.07) is 11.4. The van der Waals surface area contributed by atoms with Crippen LogP contribution in [0, 0.1) is 27.7 Å². The Kier molecular flexibility index (Phi) is 3.90. The summed E-state index contributed by atoms with van der Waals surface area (Å²) in [5.41, 5.74) is 5.33. The quantitative estimate of drug-likeness (QED) is 0.638. The molecule has 1 aliphatic heterocycles. The second kappa shape index (κ2) is 5.74. The zero-order valence-corrected chi connectivity index (χ0v) is 13.8. The molecule has 2 aromatic carbocycles. The number of Topliss-reactive ketones (excluding diaryl/α,β-unsaturated/α-hetero) is 2. The standard InChI is InChI=1S/C20H20O3/c1-11-5-7-15(13(3)9-11)17(21)19-20(23-19)18(22)16-8-6-12(2)10-14(16)4/h5-10,19-20H,1-4H3/t19-,20-/m1/s1. The topological polar surface area (TPSA) is 46.7 Å². The summed E-state index contributed by atoms with van der Waals surface area (Å²) in [5, 5.41) is 0. The number of hydrogen-bond donors (Lipinski definition) is 0. The fourth-order valence-electron chi connectivity index (χ4n) is 3.00. The molecule has 0 unspecified atom stereocenters. The van der Waals surface area contributed by atoms with Gasteiger partial charge in [-0.3, -0.25) is 9.59 Å². The molecule has 2 atom stereocenters. The SMILES string of the molecule is Cc1ccc(C(=O)[C@H]2O[C@@H]2C(=O)c2ccc(C)cc2C)c(C)c1. The number of benzene rings is 2. The fourth-order valence-corrected chi connectivity index (χ4v) is 3.00. The van der Waals surface area contributed by atoms with Gasteiger partial charge in [-0.2, -0.15) is 0 Å². The molecule has 0 N–H and O–H groups in total. The van der Waals surface area contributed by atoms with Crippen LogP contribution in [0.2, 0.25) is 0 Å². The van der Waals surface area contributed by atoms with Gasteiger partial charge in [0.15, 0.2) is 23.8 Å². The Balaban J connectivity index is 1.78. The van der Waals surface area contributed by atoms with E-state index in [1.807, 2.05) is 64.1 Å². The van der Waals surface area contributed by atoms with E-state index in [2.05, 4.69) is 0 Å². The summed E-state index contributed by atoms with van der Waals surface area (Å²) in [5.74, 6) is -0.212. The number of aryl methyl sites for hydroxylation is 4. The number of ketones is 2. The first-order valence-corrected chi connectivity index (χ1v) is 7.77. The summed E-state index contributed by atoms with van der Waals surface area (Å²) in [4.78, 5) is 25.1. The maximum absolute atomic E-state index is 12.5. The molecule has 3 rings (SSSR count). The van der Waals surface area contributed by atoms with Gasteiger partial charge in [0.25, 0.3) is 0 Å². The first kappa shape index (κ1) is 15.6. The normalized spacial score (nSPS) is 19.5. The van der Waals surface area contributed by atoms with Gasteiger partial charge in [-0.15, -0.1) is 0 Å². The van der Waals surface area contributed by atoms with Gasteiger partial charge in [-0.25, -0.2) is 0 Å². The molecule has 0 aromatic heterocycles. The van der Waals surface area contributed by atoms with Crippen molar-refractivity contribution in [2.75, 3.05) is 0 Å². The van der Waals surface area contributed by atoms with Gasteiger partial charge in [-0.05, 0) is 38.8 Å². The molecular formula is C20H20O3. The Morgan fingerprint density at radius 1 is 0.739 bits per heavy atom. The van der Waals surface area contributed by atoms with E-state index >= 15 is 0 Å². The molecule has 0 bridgehead atoms. The highest BCUT2D eigenvalue weighted by atomic mass is 16.6. The third-order valence-corrected chi connectivity index (χ3v) is 4.30. The predicted octanol–water partition coefficient (Wildman–Crippen LogP) is 3.75. The van der Waals surface area contributed by atoms with Crippen LogP contribution in [-0.2, 0) is 4.74 Å². The van der Waals surface area contributed by atoms with Crippen LogP contribution in [0.3, 0.4) is 0 Å². The highest BCUT2D eigenvalue weighted by Crippen LogP contribution is 2.31. The van der Waals surface area contributed by atoms with E-state index in [-0.39, 0.29) is 11.6 Å². The molecule has 118 valence electrons. The second-order valence-corrected chi connectivity index (χ2v) is 6.34. The Morgan fingerprint density at radius 3 is 1.48 bits per heavy atom.